The van der Waals surface area contributed by atoms with Crippen LogP contribution in [0.15, 0.2) is 42.5 Å². The molecule has 2 aromatic carbocycles. The Kier molecular flexibility index (Phi) is 6.32. The second-order valence-corrected chi connectivity index (χ2v) is 5.59. The highest BCUT2D eigenvalue weighted by Crippen LogP contribution is 2.21. The van der Waals surface area contributed by atoms with E-state index in [-0.39, 0.29) is 0 Å². The Morgan fingerprint density at radius 2 is 1.73 bits per heavy atom. The van der Waals surface area contributed by atoms with Crippen LogP contribution in [0.2, 0.25) is 0 Å². The normalized spacial score (nSPS) is 10.5. The molecular weight excluding hydrogens is 270 g/mol. The molecule has 0 aliphatic carbocycles. The zero-order valence-electron chi connectivity index (χ0n) is 14.0. The molecule has 0 aliphatic rings. The van der Waals surface area contributed by atoms with Crippen LogP contribution in [0.5, 0.6) is 5.75 Å². The number of rotatable bonds is 8. The fourth-order valence-corrected chi connectivity index (χ4v) is 2.57. The molecule has 0 fully saturated rings. The van der Waals surface area contributed by atoms with Crippen LogP contribution in [0.4, 0.5) is 5.69 Å². The van der Waals surface area contributed by atoms with Crippen LogP contribution in [0.3, 0.4) is 0 Å². The van der Waals surface area contributed by atoms with Gasteiger partial charge in [-0.3, -0.25) is 0 Å². The molecule has 22 heavy (non-hydrogen) atoms. The van der Waals surface area contributed by atoms with E-state index < -0.39 is 0 Å². The van der Waals surface area contributed by atoms with Gasteiger partial charge >= 0.3 is 0 Å². The van der Waals surface area contributed by atoms with Crippen molar-refractivity contribution in [3.63, 3.8) is 0 Å². The predicted molar refractivity (Wildman–Crippen MR) is 95.0 cm³/mol. The standard InChI is InChI=1S/C20H27NO/c1-4-17-10-12-19(13-11-17)22-15-7-14-21-20-16(3)8-6-9-18(20)5-2/h6,8-13,21H,4-5,7,14-15H2,1-3H3. The van der Waals surface area contributed by atoms with Crippen molar-refractivity contribution in [1.29, 1.82) is 0 Å². The van der Waals surface area contributed by atoms with Crippen LogP contribution >= 0.6 is 0 Å². The Labute approximate surface area is 134 Å². The van der Waals surface area contributed by atoms with Gasteiger partial charge < -0.3 is 10.1 Å². The summed E-state index contributed by atoms with van der Waals surface area (Å²) in [5.74, 6) is 0.960. The molecule has 0 amide bonds. The summed E-state index contributed by atoms with van der Waals surface area (Å²) in [5.41, 5.74) is 5.34. The van der Waals surface area contributed by atoms with E-state index in [1.54, 1.807) is 0 Å². The molecule has 0 spiro atoms. The van der Waals surface area contributed by atoms with E-state index in [1.807, 2.05) is 0 Å². The zero-order valence-corrected chi connectivity index (χ0v) is 14.0. The van der Waals surface area contributed by atoms with Crippen LogP contribution in [-0.2, 0) is 12.8 Å². The largest absolute Gasteiger partial charge is 0.494 e. The Hall–Kier alpha value is -1.96. The monoisotopic (exact) mass is 297 g/mol. The average Bonchev–Trinajstić information content (AvgIpc) is 2.56. The predicted octanol–water partition coefficient (Wildman–Crippen LogP) is 5.00. The minimum Gasteiger partial charge on any atom is -0.494 e. The first-order chi connectivity index (χ1) is 10.7. The highest BCUT2D eigenvalue weighted by molar-refractivity contribution is 5.57. The maximum Gasteiger partial charge on any atom is 0.119 e. The van der Waals surface area contributed by atoms with Crippen molar-refractivity contribution in [3.8, 4) is 5.75 Å². The molecule has 0 unspecified atom stereocenters. The lowest BCUT2D eigenvalue weighted by molar-refractivity contribution is 0.315. The van der Waals surface area contributed by atoms with Crippen molar-refractivity contribution in [2.24, 2.45) is 0 Å². The fraction of sp³-hybridized carbons (Fsp3) is 0.400. The average molecular weight is 297 g/mol. The second-order valence-electron chi connectivity index (χ2n) is 5.59. The summed E-state index contributed by atoms with van der Waals surface area (Å²) in [6.07, 6.45) is 3.12. The molecule has 0 aliphatic heterocycles. The third-order valence-electron chi connectivity index (χ3n) is 3.96. The van der Waals surface area contributed by atoms with E-state index in [9.17, 15) is 0 Å². The molecule has 0 heterocycles. The number of hydrogen-bond acceptors (Lipinski definition) is 2. The summed E-state index contributed by atoms with van der Waals surface area (Å²) >= 11 is 0. The third-order valence-corrected chi connectivity index (χ3v) is 3.96. The molecule has 0 aromatic heterocycles. The maximum absolute atomic E-state index is 5.79. The van der Waals surface area contributed by atoms with Gasteiger partial charge in [-0.15, -0.1) is 0 Å². The summed E-state index contributed by atoms with van der Waals surface area (Å²) in [6, 6.07) is 14.9. The molecule has 2 heteroatoms. The molecule has 118 valence electrons. The molecule has 2 nitrogen and oxygen atoms in total. The van der Waals surface area contributed by atoms with Crippen LogP contribution in [0.1, 0.15) is 37.0 Å². The van der Waals surface area contributed by atoms with Gasteiger partial charge in [0, 0.05) is 12.2 Å². The third kappa shape index (κ3) is 4.52. The number of hydrogen-bond donors (Lipinski definition) is 1. The quantitative estimate of drug-likeness (QED) is 0.692. The van der Waals surface area contributed by atoms with Crippen molar-refractivity contribution in [2.75, 3.05) is 18.5 Å². The van der Waals surface area contributed by atoms with Gasteiger partial charge in [-0.25, -0.2) is 0 Å². The van der Waals surface area contributed by atoms with Crippen molar-refractivity contribution >= 4 is 5.69 Å². The first-order valence-electron chi connectivity index (χ1n) is 8.28. The lowest BCUT2D eigenvalue weighted by Crippen LogP contribution is -2.09. The minimum absolute atomic E-state index is 0.742. The highest BCUT2D eigenvalue weighted by atomic mass is 16.5. The van der Waals surface area contributed by atoms with Gasteiger partial charge in [0.25, 0.3) is 0 Å². The van der Waals surface area contributed by atoms with Gasteiger partial charge in [-0.2, -0.15) is 0 Å². The molecule has 0 bridgehead atoms. The summed E-state index contributed by atoms with van der Waals surface area (Å²) in [7, 11) is 0. The molecular formula is C20H27NO. The maximum atomic E-state index is 5.79. The van der Waals surface area contributed by atoms with Gasteiger partial charge in [0.05, 0.1) is 6.61 Å². The van der Waals surface area contributed by atoms with E-state index in [0.717, 1.165) is 38.2 Å². The first-order valence-corrected chi connectivity index (χ1v) is 8.28. The number of benzene rings is 2. The van der Waals surface area contributed by atoms with E-state index in [4.69, 9.17) is 4.74 Å². The summed E-state index contributed by atoms with van der Waals surface area (Å²) in [6.45, 7) is 8.20. The topological polar surface area (TPSA) is 21.3 Å². The SMILES string of the molecule is CCc1ccc(OCCCNc2c(C)cccc2CC)cc1. The molecule has 0 radical (unpaired) electrons. The lowest BCUT2D eigenvalue weighted by Gasteiger charge is -2.14. The molecule has 2 rings (SSSR count). The lowest BCUT2D eigenvalue weighted by atomic mass is 10.1. The Balaban J connectivity index is 1.75. The fourth-order valence-electron chi connectivity index (χ4n) is 2.57. The molecule has 0 saturated carbocycles. The number of ether oxygens (including phenoxy) is 1. The molecule has 2 aromatic rings. The summed E-state index contributed by atoms with van der Waals surface area (Å²) < 4.78 is 5.79. The van der Waals surface area contributed by atoms with Crippen molar-refractivity contribution < 1.29 is 4.74 Å². The van der Waals surface area contributed by atoms with Crippen molar-refractivity contribution in [3.05, 3.63) is 59.2 Å². The molecule has 0 atom stereocenters. The summed E-state index contributed by atoms with van der Waals surface area (Å²) in [4.78, 5) is 0. The second kappa shape index (κ2) is 8.47. The van der Waals surface area contributed by atoms with Crippen molar-refractivity contribution in [2.45, 2.75) is 40.0 Å². The van der Waals surface area contributed by atoms with E-state index in [2.05, 4.69) is 68.6 Å². The number of aryl methyl sites for hydroxylation is 3. The Bertz CT molecular complexity index is 575. The van der Waals surface area contributed by atoms with Gasteiger partial charge in [0.1, 0.15) is 5.75 Å². The van der Waals surface area contributed by atoms with Crippen LogP contribution in [0, 0.1) is 6.92 Å². The first kappa shape index (κ1) is 16.4. The molecule has 0 saturated heterocycles. The minimum atomic E-state index is 0.742. The van der Waals surface area contributed by atoms with Gasteiger partial charge in [0.15, 0.2) is 0 Å². The van der Waals surface area contributed by atoms with E-state index in [1.165, 1.54) is 22.4 Å². The highest BCUT2D eigenvalue weighted by Gasteiger charge is 2.03. The van der Waals surface area contributed by atoms with Crippen molar-refractivity contribution in [1.82, 2.24) is 0 Å². The van der Waals surface area contributed by atoms with Crippen LogP contribution in [-0.4, -0.2) is 13.2 Å². The Morgan fingerprint density at radius 3 is 2.41 bits per heavy atom. The van der Waals surface area contributed by atoms with E-state index in [0.29, 0.717) is 0 Å². The summed E-state index contributed by atoms with van der Waals surface area (Å²) in [5, 5.41) is 3.56. The number of para-hydroxylation sites is 1. The smallest absolute Gasteiger partial charge is 0.119 e. The van der Waals surface area contributed by atoms with Gasteiger partial charge in [0.2, 0.25) is 0 Å². The van der Waals surface area contributed by atoms with E-state index >= 15 is 0 Å². The number of nitrogens with one attached hydrogen (secondary N) is 1. The van der Waals surface area contributed by atoms with Crippen LogP contribution in [0.25, 0.3) is 0 Å². The molecule has 1 N–H and O–H groups in total. The Morgan fingerprint density at radius 1 is 0.955 bits per heavy atom. The number of anilines is 1. The van der Waals surface area contributed by atoms with Gasteiger partial charge in [-0.05, 0) is 55.0 Å². The zero-order chi connectivity index (χ0) is 15.8. The van der Waals surface area contributed by atoms with Gasteiger partial charge in [-0.1, -0.05) is 44.2 Å². The van der Waals surface area contributed by atoms with Crippen LogP contribution < -0.4 is 10.1 Å².